The van der Waals surface area contributed by atoms with E-state index in [1.165, 1.54) is 7.05 Å². The summed E-state index contributed by atoms with van der Waals surface area (Å²) in [5, 5.41) is 2.46. The average molecular weight is 474 g/mol. The molecular formula is C25H31NO6S. The number of ketones is 1. The van der Waals surface area contributed by atoms with E-state index in [1.807, 2.05) is 45.9 Å². The first-order valence-electron chi connectivity index (χ1n) is 11.3. The van der Waals surface area contributed by atoms with Gasteiger partial charge >= 0.3 is 0 Å². The lowest BCUT2D eigenvalue weighted by Crippen LogP contribution is -2.44. The fraction of sp³-hybridized carbons (Fsp3) is 0.520. The summed E-state index contributed by atoms with van der Waals surface area (Å²) < 4.78 is 36.7. The summed E-state index contributed by atoms with van der Waals surface area (Å²) in [7, 11) is -2.88. The van der Waals surface area contributed by atoms with Crippen molar-refractivity contribution in [2.45, 2.75) is 53.1 Å². The van der Waals surface area contributed by atoms with Gasteiger partial charge in [0, 0.05) is 19.0 Å². The van der Waals surface area contributed by atoms with Crippen molar-refractivity contribution in [3.05, 3.63) is 42.0 Å². The van der Waals surface area contributed by atoms with Gasteiger partial charge in [0.15, 0.2) is 0 Å². The Labute approximate surface area is 195 Å². The minimum absolute atomic E-state index is 0.0137. The highest BCUT2D eigenvalue weighted by atomic mass is 32.2. The zero-order valence-electron chi connectivity index (χ0n) is 19.8. The van der Waals surface area contributed by atoms with Crippen LogP contribution >= 0.6 is 0 Å². The summed E-state index contributed by atoms with van der Waals surface area (Å²) in [6.07, 6.45) is 1.84. The van der Waals surface area contributed by atoms with E-state index in [2.05, 4.69) is 0 Å². The van der Waals surface area contributed by atoms with Gasteiger partial charge in [-0.05, 0) is 73.1 Å². The van der Waals surface area contributed by atoms with Crippen molar-refractivity contribution in [3.8, 4) is 5.75 Å². The molecule has 0 N–H and O–H groups in total. The lowest BCUT2D eigenvalue weighted by Gasteiger charge is -2.36. The molecule has 2 unspecified atom stereocenters. The first-order chi connectivity index (χ1) is 15.3. The molecule has 178 valence electrons. The topological polar surface area (TPSA) is 90.0 Å². The van der Waals surface area contributed by atoms with Gasteiger partial charge in [0.1, 0.15) is 11.5 Å². The van der Waals surface area contributed by atoms with Gasteiger partial charge in [-0.1, -0.05) is 26.0 Å². The zero-order valence-corrected chi connectivity index (χ0v) is 20.6. The second kappa shape index (κ2) is 8.09. The van der Waals surface area contributed by atoms with Crippen molar-refractivity contribution in [1.29, 1.82) is 0 Å². The van der Waals surface area contributed by atoms with Crippen LogP contribution in [0.15, 0.2) is 36.4 Å². The van der Waals surface area contributed by atoms with Crippen LogP contribution < -0.4 is 4.74 Å². The molecule has 8 heteroatoms. The summed E-state index contributed by atoms with van der Waals surface area (Å²) in [5.41, 5.74) is -1.05. The second-order valence-electron chi connectivity index (χ2n) is 10.1. The summed E-state index contributed by atoms with van der Waals surface area (Å²) >= 11 is 0. The van der Waals surface area contributed by atoms with Gasteiger partial charge in [0.25, 0.3) is 16.0 Å². The summed E-state index contributed by atoms with van der Waals surface area (Å²) in [4.78, 5) is 25.6. The molecule has 2 fully saturated rings. The summed E-state index contributed by atoms with van der Waals surface area (Å²) in [5.74, 6) is -0.0669. The first-order valence-corrected chi connectivity index (χ1v) is 12.9. The highest BCUT2D eigenvalue weighted by Gasteiger charge is 2.65. The monoisotopic (exact) mass is 473 g/mol. The van der Waals surface area contributed by atoms with Crippen molar-refractivity contribution < 1.29 is 27.0 Å². The maximum absolute atomic E-state index is 12.9. The third-order valence-electron chi connectivity index (χ3n) is 7.50. The molecule has 7 nitrogen and oxygen atoms in total. The zero-order chi connectivity index (χ0) is 24.2. The Morgan fingerprint density at radius 3 is 2.42 bits per heavy atom. The minimum atomic E-state index is -4.16. The van der Waals surface area contributed by atoms with E-state index in [0.717, 1.165) is 28.0 Å². The molecule has 0 spiro atoms. The second-order valence-corrected chi connectivity index (χ2v) is 11.7. The molecule has 33 heavy (non-hydrogen) atoms. The predicted molar refractivity (Wildman–Crippen MR) is 125 cm³/mol. The van der Waals surface area contributed by atoms with Crippen molar-refractivity contribution >= 4 is 32.6 Å². The number of fused-ring (bicyclic) bond motifs is 3. The van der Waals surface area contributed by atoms with Crippen LogP contribution in [0, 0.1) is 16.7 Å². The average Bonchev–Trinajstić information content (AvgIpc) is 3.06. The molecule has 0 radical (unpaired) electrons. The Balaban J connectivity index is 1.50. The summed E-state index contributed by atoms with van der Waals surface area (Å²) in [6, 6.07) is 10.7. The smallest absolute Gasteiger partial charge is 0.289 e. The molecule has 2 saturated carbocycles. The van der Waals surface area contributed by atoms with Crippen LogP contribution in [0.5, 0.6) is 5.75 Å². The Morgan fingerprint density at radius 1 is 1.15 bits per heavy atom. The van der Waals surface area contributed by atoms with E-state index < -0.39 is 32.6 Å². The molecule has 1 amide bonds. The van der Waals surface area contributed by atoms with Gasteiger partial charge in [0.05, 0.1) is 17.3 Å². The van der Waals surface area contributed by atoms with Gasteiger partial charge in [-0.25, -0.2) is 5.06 Å². The standard InChI is InChI=1S/C25H31NO6S/c1-16(2)31-21-9-8-17-12-19(7-6-18(17)13-21)23(28)26(5)32-33(29,30)15-25-11-10-20(14-22(25)27)24(25,3)4/h6-9,12-13,16,20H,10-11,14-15H2,1-5H3. The fourth-order valence-corrected chi connectivity index (χ4v) is 7.27. The van der Waals surface area contributed by atoms with Crippen LogP contribution in [-0.2, 0) is 19.2 Å². The number of hydrogen-bond donors (Lipinski definition) is 0. The lowest BCUT2D eigenvalue weighted by molar-refractivity contribution is -0.128. The summed E-state index contributed by atoms with van der Waals surface area (Å²) in [6.45, 7) is 7.83. The molecule has 0 aromatic heterocycles. The van der Waals surface area contributed by atoms with Crippen LogP contribution in [-0.4, -0.2) is 44.1 Å². The number of amides is 1. The number of hydroxylamine groups is 2. The Hall–Kier alpha value is -2.45. The van der Waals surface area contributed by atoms with E-state index >= 15 is 0 Å². The SMILES string of the molecule is CC(C)Oc1ccc2cc(C(=O)N(C)OS(=O)(=O)CC34CCC(CC3=O)C4(C)C)ccc2c1. The molecular weight excluding hydrogens is 442 g/mol. The quantitative estimate of drug-likeness (QED) is 0.555. The van der Waals surface area contributed by atoms with Crippen LogP contribution in [0.3, 0.4) is 0 Å². The van der Waals surface area contributed by atoms with Crippen LogP contribution in [0.4, 0.5) is 0 Å². The molecule has 2 aliphatic carbocycles. The van der Waals surface area contributed by atoms with E-state index in [9.17, 15) is 18.0 Å². The molecule has 0 heterocycles. The van der Waals surface area contributed by atoms with E-state index in [-0.39, 0.29) is 17.8 Å². The number of rotatable bonds is 7. The maximum atomic E-state index is 12.9. The molecule has 0 saturated heterocycles. The molecule has 2 aromatic carbocycles. The number of carbonyl (C=O) groups excluding carboxylic acids is 2. The minimum Gasteiger partial charge on any atom is -0.491 e. The number of ether oxygens (including phenoxy) is 1. The van der Waals surface area contributed by atoms with Crippen LogP contribution in [0.1, 0.15) is 57.3 Å². The van der Waals surface area contributed by atoms with Crippen LogP contribution in [0.2, 0.25) is 0 Å². The highest BCUT2D eigenvalue weighted by molar-refractivity contribution is 7.86. The molecule has 2 atom stereocenters. The Morgan fingerprint density at radius 2 is 1.82 bits per heavy atom. The highest BCUT2D eigenvalue weighted by Crippen LogP contribution is 2.64. The lowest BCUT2D eigenvalue weighted by atomic mass is 9.70. The number of carbonyl (C=O) groups is 2. The molecule has 0 aliphatic heterocycles. The number of Topliss-reactive ketones (excluding diaryl/α,β-unsaturated/α-hetero) is 1. The van der Waals surface area contributed by atoms with Crippen molar-refractivity contribution in [2.24, 2.45) is 16.7 Å². The van der Waals surface area contributed by atoms with Gasteiger partial charge < -0.3 is 4.74 Å². The number of nitrogens with zero attached hydrogens (tertiary/aromatic N) is 1. The van der Waals surface area contributed by atoms with Crippen molar-refractivity contribution in [2.75, 3.05) is 12.8 Å². The Kier molecular flexibility index (Phi) is 5.81. The molecule has 2 aromatic rings. The molecule has 2 aliphatic rings. The third-order valence-corrected chi connectivity index (χ3v) is 8.80. The molecule has 2 bridgehead atoms. The van der Waals surface area contributed by atoms with Crippen molar-refractivity contribution in [1.82, 2.24) is 5.06 Å². The Bertz CT molecular complexity index is 1220. The maximum Gasteiger partial charge on any atom is 0.289 e. The van der Waals surface area contributed by atoms with Gasteiger partial charge in [-0.15, -0.1) is 4.28 Å². The number of benzene rings is 2. The van der Waals surface area contributed by atoms with E-state index in [4.69, 9.17) is 9.02 Å². The third kappa shape index (κ3) is 4.15. The fourth-order valence-electron chi connectivity index (χ4n) is 5.52. The van der Waals surface area contributed by atoms with Crippen molar-refractivity contribution in [3.63, 3.8) is 0 Å². The van der Waals surface area contributed by atoms with E-state index in [0.29, 0.717) is 18.4 Å². The largest absolute Gasteiger partial charge is 0.491 e. The first kappa shape index (κ1) is 23.7. The van der Waals surface area contributed by atoms with Gasteiger partial charge in [0.2, 0.25) is 0 Å². The number of hydrogen-bond acceptors (Lipinski definition) is 6. The predicted octanol–water partition coefficient (Wildman–Crippen LogP) is 4.36. The van der Waals surface area contributed by atoms with E-state index in [1.54, 1.807) is 18.2 Å². The molecule has 4 rings (SSSR count). The van der Waals surface area contributed by atoms with Crippen LogP contribution in [0.25, 0.3) is 10.8 Å². The van der Waals surface area contributed by atoms with Gasteiger partial charge in [-0.3, -0.25) is 9.59 Å². The van der Waals surface area contributed by atoms with Gasteiger partial charge in [-0.2, -0.15) is 8.42 Å². The normalized spacial score (nSPS) is 23.9.